The van der Waals surface area contributed by atoms with E-state index in [0.717, 1.165) is 36.0 Å². The maximum atomic E-state index is 12.9. The molecule has 0 aliphatic heterocycles. The van der Waals surface area contributed by atoms with Crippen molar-refractivity contribution in [3.63, 3.8) is 0 Å². The summed E-state index contributed by atoms with van der Waals surface area (Å²) in [7, 11) is -4.15. The van der Waals surface area contributed by atoms with E-state index < -0.39 is 21.8 Å². The molecular formula is C46H44Cl2N4O9S2. The van der Waals surface area contributed by atoms with Crippen molar-refractivity contribution in [2.45, 2.75) is 55.6 Å². The highest BCUT2D eigenvalue weighted by atomic mass is 35.5. The van der Waals surface area contributed by atoms with Crippen molar-refractivity contribution in [1.82, 2.24) is 4.72 Å². The lowest BCUT2D eigenvalue weighted by Gasteiger charge is -2.13. The van der Waals surface area contributed by atoms with Crippen LogP contribution in [-0.4, -0.2) is 26.1 Å². The zero-order valence-electron chi connectivity index (χ0n) is 33.9. The molecule has 63 heavy (non-hydrogen) atoms. The summed E-state index contributed by atoms with van der Waals surface area (Å²) in [5.74, 6) is 4.56. The van der Waals surface area contributed by atoms with Gasteiger partial charge in [-0.25, -0.2) is 13.1 Å². The smallest absolute Gasteiger partial charge is 0.266 e. The van der Waals surface area contributed by atoms with E-state index in [2.05, 4.69) is 24.7 Å². The second kappa shape index (κ2) is 24.7. The normalized spacial score (nSPS) is 10.8. The molecule has 0 aliphatic carbocycles. The first-order valence-electron chi connectivity index (χ1n) is 19.4. The van der Waals surface area contributed by atoms with Crippen LogP contribution in [0.1, 0.15) is 64.4 Å². The van der Waals surface area contributed by atoms with E-state index in [0.29, 0.717) is 57.3 Å². The molecule has 0 spiro atoms. The number of nitrogens with one attached hydrogen (secondary N) is 3. The summed E-state index contributed by atoms with van der Waals surface area (Å²) < 4.78 is 43.9. The van der Waals surface area contributed by atoms with Crippen molar-refractivity contribution in [2.24, 2.45) is 5.90 Å². The Kier molecular flexibility index (Phi) is 18.8. The van der Waals surface area contributed by atoms with E-state index in [1.165, 1.54) is 18.2 Å². The fraction of sp³-hybridized carbons (Fsp3) is 0.152. The van der Waals surface area contributed by atoms with Gasteiger partial charge in [-0.3, -0.25) is 14.4 Å². The predicted molar refractivity (Wildman–Crippen MR) is 245 cm³/mol. The number of carbonyl (C=O) groups is 3. The standard InChI is InChI=1S/C26H27ClN2O5S.C20H17ClN2O4S/c1-2-3-4-12-25(30)29-35(32,33)24-11-6-5-10-23(24)28-26(31)20-8-7-9-22(17-20)34-18-19-13-15-21(27)16-14-19;21-16-10-8-14(9-11-16)13-25-17-5-3-4-15(12-17)20(24)23-18-6-1-2-7-19(18)28-27-26-22/h5-11,13-17H,2-4,12,18H2,1H3,(H,28,31)(H,29,30);1-12H,13,22H2,(H,23,24). The quantitative estimate of drug-likeness (QED) is 0.0262. The van der Waals surface area contributed by atoms with Gasteiger partial charge in [-0.1, -0.05) is 104 Å². The Hall–Kier alpha value is -5.91. The maximum absolute atomic E-state index is 12.9. The molecule has 0 bridgehead atoms. The van der Waals surface area contributed by atoms with Crippen LogP contribution in [0.2, 0.25) is 10.0 Å². The number of carbonyl (C=O) groups excluding carboxylic acids is 3. The van der Waals surface area contributed by atoms with E-state index >= 15 is 0 Å². The van der Waals surface area contributed by atoms with Crippen molar-refractivity contribution in [2.75, 3.05) is 10.6 Å². The van der Waals surface area contributed by atoms with Crippen molar-refractivity contribution >= 4 is 74.4 Å². The molecule has 0 fully saturated rings. The van der Waals surface area contributed by atoms with E-state index in [1.54, 1.807) is 97.1 Å². The molecule has 0 saturated carbocycles. The molecule has 0 saturated heterocycles. The van der Waals surface area contributed by atoms with Gasteiger partial charge in [0.1, 0.15) is 29.6 Å². The zero-order chi connectivity index (χ0) is 45.0. The van der Waals surface area contributed by atoms with Crippen LogP contribution in [0.5, 0.6) is 11.5 Å². The SMILES string of the molecule is CCCCCC(=O)NS(=O)(=O)c1ccccc1NC(=O)c1cccc(OCc2ccc(Cl)cc2)c1.NOOSc1ccccc1NC(=O)c1cccc(OCc2ccc(Cl)cc2)c1. The molecule has 0 atom stereocenters. The number of anilines is 2. The molecule has 17 heteroatoms. The van der Waals surface area contributed by atoms with E-state index in [-0.39, 0.29) is 28.5 Å². The van der Waals surface area contributed by atoms with Crippen LogP contribution >= 0.6 is 35.2 Å². The molecule has 13 nitrogen and oxygen atoms in total. The minimum Gasteiger partial charge on any atom is -0.489 e. The number of halogens is 2. The Morgan fingerprint density at radius 1 is 0.635 bits per heavy atom. The van der Waals surface area contributed by atoms with Gasteiger partial charge in [0.2, 0.25) is 5.91 Å². The Morgan fingerprint density at radius 3 is 1.68 bits per heavy atom. The minimum absolute atomic E-state index is 0.0684. The van der Waals surface area contributed by atoms with Crippen LogP contribution < -0.4 is 30.7 Å². The second-order valence-corrected chi connectivity index (χ2v) is 16.8. The molecule has 6 rings (SSSR count). The Balaban J connectivity index is 0.000000243. The van der Waals surface area contributed by atoms with Crippen molar-refractivity contribution in [3.8, 4) is 11.5 Å². The molecule has 0 radical (unpaired) electrons. The number of hydrogen-bond donors (Lipinski definition) is 4. The maximum Gasteiger partial charge on any atom is 0.266 e. The molecule has 6 aromatic carbocycles. The van der Waals surface area contributed by atoms with Gasteiger partial charge in [-0.15, -0.1) is 9.32 Å². The summed E-state index contributed by atoms with van der Waals surface area (Å²) >= 11 is 12.7. The summed E-state index contributed by atoms with van der Waals surface area (Å²) in [5, 5.41) is 6.76. The summed E-state index contributed by atoms with van der Waals surface area (Å²) in [6, 6.07) is 41.2. The molecule has 0 heterocycles. The first-order chi connectivity index (χ1) is 30.4. The number of unbranched alkanes of at least 4 members (excludes halogenated alkanes) is 2. The summed E-state index contributed by atoms with van der Waals surface area (Å²) in [6.45, 7) is 2.66. The number of benzene rings is 6. The highest BCUT2D eigenvalue weighted by Crippen LogP contribution is 2.29. The van der Waals surface area contributed by atoms with Gasteiger partial charge in [0, 0.05) is 27.6 Å². The third-order valence-electron chi connectivity index (χ3n) is 8.81. The van der Waals surface area contributed by atoms with Crippen LogP contribution in [0.15, 0.2) is 155 Å². The molecular weight excluding hydrogens is 888 g/mol. The van der Waals surface area contributed by atoms with Gasteiger partial charge in [0.25, 0.3) is 21.8 Å². The number of para-hydroxylation sites is 2. The molecule has 0 aromatic heterocycles. The van der Waals surface area contributed by atoms with Crippen LogP contribution in [0.3, 0.4) is 0 Å². The van der Waals surface area contributed by atoms with Crippen LogP contribution in [-0.2, 0) is 37.4 Å². The third kappa shape index (κ3) is 15.7. The lowest BCUT2D eigenvalue weighted by Crippen LogP contribution is -2.31. The lowest BCUT2D eigenvalue weighted by molar-refractivity contribution is -0.195. The Morgan fingerprint density at radius 2 is 1.14 bits per heavy atom. The van der Waals surface area contributed by atoms with Gasteiger partial charge in [-0.2, -0.15) is 5.90 Å². The van der Waals surface area contributed by atoms with E-state index in [1.807, 2.05) is 37.3 Å². The predicted octanol–water partition coefficient (Wildman–Crippen LogP) is 10.6. The fourth-order valence-corrected chi connectivity index (χ4v) is 7.52. The summed E-state index contributed by atoms with van der Waals surface area (Å²) in [4.78, 5) is 42.2. The van der Waals surface area contributed by atoms with E-state index in [9.17, 15) is 22.8 Å². The lowest BCUT2D eigenvalue weighted by atomic mass is 10.2. The molecule has 0 aliphatic rings. The second-order valence-electron chi connectivity index (χ2n) is 13.5. The van der Waals surface area contributed by atoms with Crippen molar-refractivity contribution < 1.29 is 41.6 Å². The zero-order valence-corrected chi connectivity index (χ0v) is 37.1. The Bertz CT molecular complexity index is 2570. The van der Waals surface area contributed by atoms with Crippen molar-refractivity contribution in [3.05, 3.63) is 178 Å². The summed E-state index contributed by atoms with van der Waals surface area (Å²) in [6.07, 6.45) is 2.47. The van der Waals surface area contributed by atoms with Gasteiger partial charge in [0.05, 0.1) is 28.3 Å². The number of ether oxygens (including phenoxy) is 2. The van der Waals surface area contributed by atoms with Crippen LogP contribution in [0.25, 0.3) is 0 Å². The third-order valence-corrected chi connectivity index (χ3v) is 11.4. The first kappa shape index (κ1) is 48.1. The molecule has 6 aromatic rings. The molecule has 0 unspecified atom stereocenters. The Labute approximate surface area is 380 Å². The minimum atomic E-state index is -4.15. The van der Waals surface area contributed by atoms with Gasteiger partial charge in [-0.05, 0) is 102 Å². The monoisotopic (exact) mass is 930 g/mol. The van der Waals surface area contributed by atoms with Crippen LogP contribution in [0, 0.1) is 0 Å². The number of sulfonamides is 1. The summed E-state index contributed by atoms with van der Waals surface area (Å²) in [5.41, 5.74) is 3.28. The van der Waals surface area contributed by atoms with Gasteiger partial charge >= 0.3 is 0 Å². The number of nitrogens with two attached hydrogens (primary N) is 1. The molecule has 328 valence electrons. The van der Waals surface area contributed by atoms with Gasteiger partial charge in [0.15, 0.2) is 0 Å². The highest BCUT2D eigenvalue weighted by Gasteiger charge is 2.22. The number of amides is 3. The van der Waals surface area contributed by atoms with Gasteiger partial charge < -0.3 is 20.1 Å². The topological polar surface area (TPSA) is 184 Å². The first-order valence-corrected chi connectivity index (χ1v) is 22.4. The highest BCUT2D eigenvalue weighted by molar-refractivity contribution is 7.94. The largest absolute Gasteiger partial charge is 0.489 e. The molecule has 3 amide bonds. The fourth-order valence-electron chi connectivity index (χ4n) is 5.63. The average molecular weight is 932 g/mol. The number of rotatable bonds is 19. The average Bonchev–Trinajstić information content (AvgIpc) is 3.29. The molecule has 5 N–H and O–H groups in total. The number of hydrogen-bond acceptors (Lipinski definition) is 11. The van der Waals surface area contributed by atoms with Crippen LogP contribution in [0.4, 0.5) is 11.4 Å². The van der Waals surface area contributed by atoms with Crippen molar-refractivity contribution in [1.29, 1.82) is 0 Å². The van der Waals surface area contributed by atoms with E-state index in [4.69, 9.17) is 38.6 Å².